The Morgan fingerprint density at radius 1 is 1.45 bits per heavy atom. The second-order valence-corrected chi connectivity index (χ2v) is 6.92. The second-order valence-electron chi connectivity index (χ2n) is 6.92. The summed E-state index contributed by atoms with van der Waals surface area (Å²) in [6, 6.07) is 3.96. The van der Waals surface area contributed by atoms with Gasteiger partial charge in [-0.05, 0) is 52.8 Å². The molecular formula is C18H20FN5O5. The molecule has 0 radical (unpaired) electrons. The lowest BCUT2D eigenvalue weighted by Gasteiger charge is -2.27. The molecule has 1 saturated heterocycles. The average Bonchev–Trinajstić information content (AvgIpc) is 3.37. The third kappa shape index (κ3) is 3.78. The van der Waals surface area contributed by atoms with Gasteiger partial charge in [-0.1, -0.05) is 6.07 Å². The fourth-order valence-electron chi connectivity index (χ4n) is 3.69. The quantitative estimate of drug-likeness (QED) is 0.361. The standard InChI is InChI=1S/C18H20FN5O5/c19-11-4-3-10-6-14(13(10)7-11)20-17(21-27)16-18(23-29-22-16)28-9-12-2-1-5-24(12)15(26)8-25/h3-4,7,12,14,25,27H,1-2,5-6,8-9H2,(H,20,21)/t12-,14+/m1/s1. The fourth-order valence-corrected chi connectivity index (χ4v) is 3.69. The summed E-state index contributed by atoms with van der Waals surface area (Å²) in [5.41, 5.74) is 3.76. The topological polar surface area (TPSA) is 133 Å². The van der Waals surface area contributed by atoms with Crippen LogP contribution in [-0.4, -0.2) is 63.1 Å². The second kappa shape index (κ2) is 8.13. The number of nitrogens with one attached hydrogen (secondary N) is 1. The van der Waals surface area contributed by atoms with Gasteiger partial charge >= 0.3 is 0 Å². The highest BCUT2D eigenvalue weighted by molar-refractivity contribution is 5.98. The minimum atomic E-state index is -0.554. The van der Waals surface area contributed by atoms with E-state index in [1.807, 2.05) is 5.48 Å². The first-order valence-corrected chi connectivity index (χ1v) is 9.23. The highest BCUT2D eigenvalue weighted by atomic mass is 19.1. The van der Waals surface area contributed by atoms with E-state index in [1.54, 1.807) is 11.0 Å². The fraction of sp³-hybridized carbons (Fsp3) is 0.444. The molecule has 10 nitrogen and oxygen atoms in total. The molecule has 1 amide bonds. The van der Waals surface area contributed by atoms with Crippen molar-refractivity contribution in [2.45, 2.75) is 31.3 Å². The average molecular weight is 405 g/mol. The van der Waals surface area contributed by atoms with Crippen molar-refractivity contribution < 1.29 is 28.9 Å². The lowest BCUT2D eigenvalue weighted by molar-refractivity contribution is -0.135. The summed E-state index contributed by atoms with van der Waals surface area (Å²) in [6.07, 6.45) is 2.14. The van der Waals surface area contributed by atoms with Crippen LogP contribution in [0.4, 0.5) is 4.39 Å². The molecule has 0 saturated carbocycles. The maximum Gasteiger partial charge on any atom is 0.287 e. The number of ether oxygens (including phenoxy) is 1. The van der Waals surface area contributed by atoms with Gasteiger partial charge in [-0.15, -0.1) is 0 Å². The molecule has 1 aromatic heterocycles. The van der Waals surface area contributed by atoms with E-state index < -0.39 is 6.61 Å². The maximum absolute atomic E-state index is 13.5. The molecule has 11 heteroatoms. The lowest BCUT2D eigenvalue weighted by atomic mass is 9.83. The van der Waals surface area contributed by atoms with Gasteiger partial charge in [0, 0.05) is 6.54 Å². The maximum atomic E-state index is 13.5. The number of benzene rings is 1. The van der Waals surface area contributed by atoms with Crippen molar-refractivity contribution in [3.05, 3.63) is 40.8 Å². The molecule has 1 aliphatic heterocycles. The number of hydrogen-bond donors (Lipinski definition) is 3. The predicted octanol–water partition coefficient (Wildman–Crippen LogP) is 0.594. The van der Waals surface area contributed by atoms with E-state index in [0.717, 1.165) is 24.0 Å². The van der Waals surface area contributed by atoms with E-state index in [-0.39, 0.29) is 47.8 Å². The van der Waals surface area contributed by atoms with Crippen molar-refractivity contribution in [1.29, 1.82) is 0 Å². The first-order chi connectivity index (χ1) is 14.1. The van der Waals surface area contributed by atoms with Crippen LogP contribution in [0.15, 0.2) is 27.8 Å². The molecule has 1 aliphatic carbocycles. The van der Waals surface area contributed by atoms with Gasteiger partial charge in [0.2, 0.25) is 11.6 Å². The molecule has 0 unspecified atom stereocenters. The summed E-state index contributed by atoms with van der Waals surface area (Å²) in [6.45, 7) is 0.130. The summed E-state index contributed by atoms with van der Waals surface area (Å²) in [7, 11) is 0. The highest BCUT2D eigenvalue weighted by Crippen LogP contribution is 2.37. The molecule has 2 aromatic rings. The number of nitrogens with zero attached hydrogens (tertiary/aromatic N) is 4. The van der Waals surface area contributed by atoms with Crippen LogP contribution in [0.2, 0.25) is 0 Å². The van der Waals surface area contributed by atoms with Crippen molar-refractivity contribution in [1.82, 2.24) is 20.7 Å². The van der Waals surface area contributed by atoms with E-state index in [4.69, 9.17) is 14.5 Å². The van der Waals surface area contributed by atoms with Gasteiger partial charge in [0.05, 0.1) is 12.1 Å². The third-order valence-corrected chi connectivity index (χ3v) is 5.20. The minimum absolute atomic E-state index is 0.00684. The first-order valence-electron chi connectivity index (χ1n) is 9.23. The molecule has 3 N–H and O–H groups in total. The van der Waals surface area contributed by atoms with Gasteiger partial charge in [-0.3, -0.25) is 20.5 Å². The minimum Gasteiger partial charge on any atom is -0.472 e. The number of carbonyl (C=O) groups excluding carboxylic acids is 1. The number of carbonyl (C=O) groups is 1. The molecule has 1 fully saturated rings. The Labute approximate surface area is 164 Å². The van der Waals surface area contributed by atoms with Crippen LogP contribution in [-0.2, 0) is 11.2 Å². The summed E-state index contributed by atoms with van der Waals surface area (Å²) < 4.78 is 23.8. The largest absolute Gasteiger partial charge is 0.472 e. The molecule has 1 aromatic carbocycles. The molecule has 29 heavy (non-hydrogen) atoms. The van der Waals surface area contributed by atoms with Crippen LogP contribution < -0.4 is 10.2 Å². The van der Waals surface area contributed by atoms with Gasteiger partial charge in [-0.2, -0.15) is 0 Å². The Morgan fingerprint density at radius 2 is 2.31 bits per heavy atom. The van der Waals surface area contributed by atoms with E-state index in [0.29, 0.717) is 13.0 Å². The number of halogens is 1. The van der Waals surface area contributed by atoms with Crippen LogP contribution in [0.5, 0.6) is 5.88 Å². The smallest absolute Gasteiger partial charge is 0.287 e. The SMILES string of the molecule is O=C(CO)N1CCC[C@@H]1COc1nonc1C(=N[C@H]1Cc2ccc(F)cc21)NO. The van der Waals surface area contributed by atoms with E-state index in [1.165, 1.54) is 12.1 Å². The van der Waals surface area contributed by atoms with Crippen molar-refractivity contribution in [2.24, 2.45) is 4.99 Å². The van der Waals surface area contributed by atoms with Crippen molar-refractivity contribution >= 4 is 11.7 Å². The van der Waals surface area contributed by atoms with Crippen LogP contribution in [0, 0.1) is 5.82 Å². The number of aliphatic imine (C=N–C) groups is 1. The summed E-state index contributed by atoms with van der Waals surface area (Å²) in [5, 5.41) is 26.0. The normalized spacial score (nSPS) is 20.9. The number of amides is 1. The van der Waals surface area contributed by atoms with Gasteiger partial charge in [0.25, 0.3) is 5.88 Å². The zero-order chi connectivity index (χ0) is 20.4. The Kier molecular flexibility index (Phi) is 5.41. The van der Waals surface area contributed by atoms with Crippen LogP contribution in [0.25, 0.3) is 0 Å². The number of aromatic nitrogens is 2. The zero-order valence-electron chi connectivity index (χ0n) is 15.4. The molecule has 2 aliphatic rings. The summed E-state index contributed by atoms with van der Waals surface area (Å²) in [5.74, 6) is -0.721. The summed E-state index contributed by atoms with van der Waals surface area (Å²) >= 11 is 0. The van der Waals surface area contributed by atoms with Crippen molar-refractivity contribution in [3.63, 3.8) is 0 Å². The number of likely N-dealkylation sites (tertiary alicyclic amines) is 1. The first kappa shape index (κ1) is 19.3. The number of aliphatic hydroxyl groups is 1. The van der Waals surface area contributed by atoms with Crippen LogP contribution in [0.3, 0.4) is 0 Å². The molecule has 2 atom stereocenters. The van der Waals surface area contributed by atoms with E-state index in [2.05, 4.69) is 15.3 Å². The monoisotopic (exact) mass is 405 g/mol. The highest BCUT2D eigenvalue weighted by Gasteiger charge is 2.31. The van der Waals surface area contributed by atoms with Gasteiger partial charge < -0.3 is 14.7 Å². The number of amidine groups is 1. The lowest BCUT2D eigenvalue weighted by Crippen LogP contribution is -2.40. The van der Waals surface area contributed by atoms with Gasteiger partial charge in [0.15, 0.2) is 5.84 Å². The number of fused-ring (bicyclic) bond motifs is 1. The van der Waals surface area contributed by atoms with Crippen LogP contribution in [0.1, 0.15) is 35.7 Å². The van der Waals surface area contributed by atoms with Gasteiger partial charge in [-0.25, -0.2) is 9.02 Å². The summed E-state index contributed by atoms with van der Waals surface area (Å²) in [4.78, 5) is 17.7. The zero-order valence-corrected chi connectivity index (χ0v) is 15.4. The Hall–Kier alpha value is -3.05. The number of hydrogen-bond acceptors (Lipinski definition) is 8. The van der Waals surface area contributed by atoms with E-state index in [9.17, 15) is 14.4 Å². The van der Waals surface area contributed by atoms with Crippen molar-refractivity contribution in [3.8, 4) is 5.88 Å². The van der Waals surface area contributed by atoms with E-state index >= 15 is 0 Å². The van der Waals surface area contributed by atoms with Gasteiger partial charge in [0.1, 0.15) is 19.0 Å². The molecule has 154 valence electrons. The molecule has 4 rings (SSSR count). The predicted molar refractivity (Wildman–Crippen MR) is 95.9 cm³/mol. The van der Waals surface area contributed by atoms with Crippen molar-refractivity contribution in [2.75, 3.05) is 19.8 Å². The molecule has 0 bridgehead atoms. The molecule has 0 spiro atoms. The third-order valence-electron chi connectivity index (χ3n) is 5.20. The Morgan fingerprint density at radius 3 is 3.10 bits per heavy atom. The number of aliphatic hydroxyl groups excluding tert-OH is 1. The van der Waals surface area contributed by atoms with Crippen LogP contribution >= 0.6 is 0 Å². The Balaban J connectivity index is 1.47. The molecular weight excluding hydrogens is 385 g/mol. The number of rotatable bonds is 6. The Bertz CT molecular complexity index is 933. The molecule has 2 heterocycles. The number of hydroxylamine groups is 1.